The maximum absolute atomic E-state index is 12.4. The molecular formula is C65H123NO5. The molecule has 0 heterocycles. The lowest BCUT2D eigenvalue weighted by Gasteiger charge is -2.20. The molecule has 0 radical (unpaired) electrons. The third-order valence-electron chi connectivity index (χ3n) is 14.6. The number of ether oxygens (including phenoxy) is 1. The number of hydrogen-bond donors (Lipinski definition) is 3. The molecule has 0 bridgehead atoms. The first-order valence-corrected chi connectivity index (χ1v) is 31.8. The van der Waals surface area contributed by atoms with Gasteiger partial charge in [-0.1, -0.05) is 307 Å². The SMILES string of the molecule is CCC/C=C\C/C=C\CCCCCCCC(=O)OCCCCCCCCCCCCCCCCCCCCCCCCCCCCCCCCCC(=O)NC(CO)C(O)/C=C/CCCCCCCCCC. The standard InChI is InChI=1S/C65H123NO5/c1-3-5-7-9-11-13-15-35-39-43-47-51-55-59-65(70)71-60-56-52-48-44-40-37-34-32-30-28-26-24-22-20-18-16-17-19-21-23-25-27-29-31-33-36-38-42-46-50-54-58-64(69)66-62(61-67)63(68)57-53-49-45-41-14-12-10-8-6-4-2/h7,9,13,15,53,57,62-63,67-68H,3-6,8,10-12,14,16-52,54-56,58-61H2,1-2H3,(H,66,69)/b9-7-,15-13-,57-53+. The molecule has 2 unspecified atom stereocenters. The summed E-state index contributed by atoms with van der Waals surface area (Å²) in [7, 11) is 0. The lowest BCUT2D eigenvalue weighted by molar-refractivity contribution is -0.143. The summed E-state index contributed by atoms with van der Waals surface area (Å²) in [6, 6.07) is -0.622. The second kappa shape index (κ2) is 60.6. The second-order valence-electron chi connectivity index (χ2n) is 21.7. The van der Waals surface area contributed by atoms with Gasteiger partial charge in [0.25, 0.3) is 0 Å². The molecule has 6 heteroatoms. The first-order valence-electron chi connectivity index (χ1n) is 31.8. The van der Waals surface area contributed by atoms with Gasteiger partial charge in [-0.25, -0.2) is 0 Å². The van der Waals surface area contributed by atoms with Gasteiger partial charge in [-0.2, -0.15) is 0 Å². The maximum atomic E-state index is 12.4. The monoisotopic (exact) mass is 998 g/mol. The minimum Gasteiger partial charge on any atom is -0.466 e. The molecule has 0 aromatic heterocycles. The second-order valence-corrected chi connectivity index (χ2v) is 21.7. The third kappa shape index (κ3) is 57.2. The Balaban J connectivity index is 3.32. The van der Waals surface area contributed by atoms with Crippen molar-refractivity contribution in [3.8, 4) is 0 Å². The average molecular weight is 999 g/mol. The van der Waals surface area contributed by atoms with Crippen molar-refractivity contribution >= 4 is 11.9 Å². The van der Waals surface area contributed by atoms with Crippen LogP contribution in [0.3, 0.4) is 0 Å². The van der Waals surface area contributed by atoms with E-state index >= 15 is 0 Å². The summed E-state index contributed by atoms with van der Waals surface area (Å²) in [4.78, 5) is 24.4. The summed E-state index contributed by atoms with van der Waals surface area (Å²) < 4.78 is 5.47. The number of allylic oxidation sites excluding steroid dienone is 5. The minimum absolute atomic E-state index is 0.00478. The Morgan fingerprint density at radius 3 is 1.13 bits per heavy atom. The zero-order valence-electron chi connectivity index (χ0n) is 47.7. The van der Waals surface area contributed by atoms with E-state index in [2.05, 4.69) is 43.5 Å². The van der Waals surface area contributed by atoms with Gasteiger partial charge in [0.15, 0.2) is 0 Å². The van der Waals surface area contributed by atoms with Crippen molar-refractivity contribution < 1.29 is 24.5 Å². The number of nitrogens with one attached hydrogen (secondary N) is 1. The van der Waals surface area contributed by atoms with Crippen LogP contribution in [0.5, 0.6) is 0 Å². The van der Waals surface area contributed by atoms with Crippen LogP contribution in [0.1, 0.15) is 341 Å². The zero-order valence-corrected chi connectivity index (χ0v) is 47.7. The first kappa shape index (κ1) is 69.1. The molecule has 1 amide bonds. The van der Waals surface area contributed by atoms with Gasteiger partial charge in [-0.05, 0) is 57.8 Å². The van der Waals surface area contributed by atoms with Crippen LogP contribution in [-0.4, -0.2) is 47.4 Å². The Kier molecular flexibility index (Phi) is 59.0. The number of hydrogen-bond acceptors (Lipinski definition) is 5. The highest BCUT2D eigenvalue weighted by atomic mass is 16.5. The smallest absolute Gasteiger partial charge is 0.305 e. The van der Waals surface area contributed by atoms with Crippen LogP contribution < -0.4 is 5.32 Å². The van der Waals surface area contributed by atoms with Crippen molar-refractivity contribution in [2.75, 3.05) is 13.2 Å². The molecule has 3 N–H and O–H groups in total. The van der Waals surface area contributed by atoms with Crippen LogP contribution in [0.2, 0.25) is 0 Å². The number of aliphatic hydroxyl groups is 2. The van der Waals surface area contributed by atoms with E-state index < -0.39 is 12.1 Å². The number of carbonyl (C=O) groups is 2. The van der Waals surface area contributed by atoms with E-state index in [1.807, 2.05) is 6.08 Å². The summed E-state index contributed by atoms with van der Waals surface area (Å²) in [6.07, 6.45) is 76.4. The molecule has 0 aliphatic rings. The molecule has 0 aromatic carbocycles. The Morgan fingerprint density at radius 2 is 0.732 bits per heavy atom. The lowest BCUT2D eigenvalue weighted by atomic mass is 10.0. The fourth-order valence-corrected chi connectivity index (χ4v) is 9.79. The highest BCUT2D eigenvalue weighted by molar-refractivity contribution is 5.76. The quantitative estimate of drug-likeness (QED) is 0.0321. The lowest BCUT2D eigenvalue weighted by Crippen LogP contribution is -2.45. The fraction of sp³-hybridized carbons (Fsp3) is 0.877. The Bertz CT molecular complexity index is 1150. The number of rotatable bonds is 59. The van der Waals surface area contributed by atoms with Crippen LogP contribution in [0.15, 0.2) is 36.5 Å². The average Bonchev–Trinajstić information content (AvgIpc) is 3.37. The number of unbranched alkanes of at least 4 members (excludes halogenated alkanes) is 44. The summed E-state index contributed by atoms with van der Waals surface area (Å²) in [5, 5.41) is 23.0. The molecule has 0 saturated heterocycles. The molecular weight excluding hydrogens is 875 g/mol. The molecule has 0 rings (SSSR count). The molecule has 0 fully saturated rings. The van der Waals surface area contributed by atoms with Crippen LogP contribution >= 0.6 is 0 Å². The van der Waals surface area contributed by atoms with E-state index in [1.54, 1.807) is 6.08 Å². The van der Waals surface area contributed by atoms with Gasteiger partial charge in [0, 0.05) is 12.8 Å². The predicted molar refractivity (Wildman–Crippen MR) is 310 cm³/mol. The molecule has 2 atom stereocenters. The van der Waals surface area contributed by atoms with E-state index in [0.29, 0.717) is 19.4 Å². The van der Waals surface area contributed by atoms with Gasteiger partial charge in [0.1, 0.15) is 0 Å². The van der Waals surface area contributed by atoms with Crippen molar-refractivity contribution in [2.24, 2.45) is 0 Å². The normalized spacial score (nSPS) is 12.8. The largest absolute Gasteiger partial charge is 0.466 e. The Morgan fingerprint density at radius 1 is 0.394 bits per heavy atom. The molecule has 0 aliphatic carbocycles. The van der Waals surface area contributed by atoms with E-state index in [-0.39, 0.29) is 18.5 Å². The van der Waals surface area contributed by atoms with Gasteiger partial charge in [0.2, 0.25) is 5.91 Å². The predicted octanol–water partition coefficient (Wildman–Crippen LogP) is 20.0. The van der Waals surface area contributed by atoms with E-state index in [9.17, 15) is 19.8 Å². The Hall–Kier alpha value is -1.92. The van der Waals surface area contributed by atoms with Crippen molar-refractivity contribution in [2.45, 2.75) is 353 Å². The zero-order chi connectivity index (χ0) is 51.4. The highest BCUT2D eigenvalue weighted by Crippen LogP contribution is 2.18. The summed E-state index contributed by atoms with van der Waals surface area (Å²) in [6.45, 7) is 4.83. The number of amides is 1. The van der Waals surface area contributed by atoms with Gasteiger partial charge in [-0.3, -0.25) is 9.59 Å². The fourth-order valence-electron chi connectivity index (χ4n) is 9.79. The van der Waals surface area contributed by atoms with Crippen molar-refractivity contribution in [1.82, 2.24) is 5.32 Å². The van der Waals surface area contributed by atoms with Crippen LogP contribution in [0.4, 0.5) is 0 Å². The first-order chi connectivity index (χ1) is 35.0. The molecule has 6 nitrogen and oxygen atoms in total. The number of aliphatic hydroxyl groups excluding tert-OH is 2. The van der Waals surface area contributed by atoms with Crippen LogP contribution in [0, 0.1) is 0 Å². The van der Waals surface area contributed by atoms with E-state index in [1.165, 1.54) is 263 Å². The molecule has 0 aliphatic heterocycles. The summed E-state index contributed by atoms with van der Waals surface area (Å²) in [5.41, 5.74) is 0. The van der Waals surface area contributed by atoms with Crippen molar-refractivity contribution in [3.05, 3.63) is 36.5 Å². The van der Waals surface area contributed by atoms with Crippen LogP contribution in [-0.2, 0) is 14.3 Å². The van der Waals surface area contributed by atoms with Gasteiger partial charge in [0.05, 0.1) is 25.4 Å². The Labute approximate surface area is 443 Å². The molecule has 71 heavy (non-hydrogen) atoms. The highest BCUT2D eigenvalue weighted by Gasteiger charge is 2.18. The number of carbonyl (C=O) groups excluding carboxylic acids is 2. The molecule has 418 valence electrons. The van der Waals surface area contributed by atoms with Crippen LogP contribution in [0.25, 0.3) is 0 Å². The van der Waals surface area contributed by atoms with E-state index in [4.69, 9.17) is 4.74 Å². The third-order valence-corrected chi connectivity index (χ3v) is 14.6. The summed E-state index contributed by atoms with van der Waals surface area (Å²) >= 11 is 0. The van der Waals surface area contributed by atoms with Gasteiger partial charge >= 0.3 is 5.97 Å². The van der Waals surface area contributed by atoms with Crippen molar-refractivity contribution in [1.29, 1.82) is 0 Å². The molecule has 0 saturated carbocycles. The topological polar surface area (TPSA) is 95.9 Å². The maximum Gasteiger partial charge on any atom is 0.305 e. The van der Waals surface area contributed by atoms with E-state index in [0.717, 1.165) is 51.4 Å². The van der Waals surface area contributed by atoms with Gasteiger partial charge < -0.3 is 20.3 Å². The minimum atomic E-state index is -0.839. The van der Waals surface area contributed by atoms with Crippen molar-refractivity contribution in [3.63, 3.8) is 0 Å². The molecule has 0 spiro atoms. The number of esters is 1. The van der Waals surface area contributed by atoms with Gasteiger partial charge in [-0.15, -0.1) is 0 Å². The molecule has 0 aromatic rings. The summed E-state index contributed by atoms with van der Waals surface area (Å²) in [5.74, 6) is -0.0602.